The fourth-order valence-electron chi connectivity index (χ4n) is 1.28. The molecule has 1 amide bonds. The molecule has 5 heteroatoms. The number of benzene rings is 1. The molecule has 0 radical (unpaired) electrons. The Morgan fingerprint density at radius 2 is 1.87 bits per heavy atom. The van der Waals surface area contributed by atoms with Gasteiger partial charge in [-0.05, 0) is 18.6 Å². The van der Waals surface area contributed by atoms with Crippen LogP contribution < -0.4 is 5.73 Å². The van der Waals surface area contributed by atoms with Gasteiger partial charge in [0.15, 0.2) is 0 Å². The minimum atomic E-state index is -4.37. The molecule has 0 saturated heterocycles. The molecule has 0 aliphatic rings. The van der Waals surface area contributed by atoms with E-state index in [0.717, 1.165) is 6.92 Å². The van der Waals surface area contributed by atoms with Gasteiger partial charge in [0.25, 0.3) is 0 Å². The Morgan fingerprint density at radius 3 is 2.33 bits per heavy atom. The van der Waals surface area contributed by atoms with Crippen LogP contribution in [-0.4, -0.2) is 12.1 Å². The molecule has 0 unspecified atom stereocenters. The fraction of sp³-hybridized carbons (Fsp3) is 0.300. The van der Waals surface area contributed by atoms with Crippen molar-refractivity contribution >= 4 is 5.91 Å². The Kier molecular flexibility index (Phi) is 3.02. The summed E-state index contributed by atoms with van der Waals surface area (Å²) in [5, 5.41) is 0. The van der Waals surface area contributed by atoms with E-state index in [-0.39, 0.29) is 11.1 Å². The SMILES string of the molecule is C[C@H](c1ccccc1C(N)=O)C(F)(F)F. The summed E-state index contributed by atoms with van der Waals surface area (Å²) in [6.45, 7) is 1.00. The van der Waals surface area contributed by atoms with E-state index in [1.54, 1.807) is 0 Å². The highest BCUT2D eigenvalue weighted by Crippen LogP contribution is 2.35. The first-order valence-electron chi connectivity index (χ1n) is 4.29. The van der Waals surface area contributed by atoms with Crippen LogP contribution in [0.3, 0.4) is 0 Å². The van der Waals surface area contributed by atoms with Crippen LogP contribution in [0.1, 0.15) is 28.8 Å². The monoisotopic (exact) mass is 217 g/mol. The van der Waals surface area contributed by atoms with Gasteiger partial charge in [-0.2, -0.15) is 13.2 Å². The summed E-state index contributed by atoms with van der Waals surface area (Å²) in [6, 6.07) is 5.48. The molecule has 0 bridgehead atoms. The molecule has 1 atom stereocenters. The summed E-state index contributed by atoms with van der Waals surface area (Å²) in [6.07, 6.45) is -4.37. The van der Waals surface area contributed by atoms with Gasteiger partial charge in [-0.25, -0.2) is 0 Å². The Balaban J connectivity index is 3.19. The quantitative estimate of drug-likeness (QED) is 0.812. The standard InChI is InChI=1S/C10H10F3NO/c1-6(10(11,12)13)7-4-2-3-5-8(7)9(14)15/h2-6H,1H3,(H2,14,15)/t6-/m1/s1. The number of primary amides is 1. The Hall–Kier alpha value is -1.52. The second-order valence-electron chi connectivity index (χ2n) is 3.21. The Morgan fingerprint density at radius 1 is 1.33 bits per heavy atom. The summed E-state index contributed by atoms with van der Waals surface area (Å²) < 4.78 is 37.3. The minimum Gasteiger partial charge on any atom is -0.366 e. The molecular formula is C10H10F3NO. The predicted octanol–water partition coefficient (Wildman–Crippen LogP) is 2.45. The summed E-state index contributed by atoms with van der Waals surface area (Å²) in [5.74, 6) is -2.54. The van der Waals surface area contributed by atoms with Crippen LogP contribution in [0.25, 0.3) is 0 Å². The lowest BCUT2D eigenvalue weighted by atomic mass is 9.95. The lowest BCUT2D eigenvalue weighted by molar-refractivity contribution is -0.146. The first-order valence-corrected chi connectivity index (χ1v) is 4.29. The molecule has 0 fully saturated rings. The molecule has 1 aromatic carbocycles. The average molecular weight is 217 g/mol. The van der Waals surface area contributed by atoms with E-state index in [9.17, 15) is 18.0 Å². The van der Waals surface area contributed by atoms with E-state index in [1.165, 1.54) is 24.3 Å². The highest BCUT2D eigenvalue weighted by molar-refractivity contribution is 5.94. The van der Waals surface area contributed by atoms with Crippen molar-refractivity contribution in [3.05, 3.63) is 35.4 Å². The zero-order valence-corrected chi connectivity index (χ0v) is 8.01. The van der Waals surface area contributed by atoms with Gasteiger partial charge in [0.05, 0.1) is 5.92 Å². The van der Waals surface area contributed by atoms with Crippen LogP contribution in [-0.2, 0) is 0 Å². The predicted molar refractivity (Wildman–Crippen MR) is 49.4 cm³/mol. The molecule has 0 saturated carbocycles. The largest absolute Gasteiger partial charge is 0.395 e. The molecule has 0 aromatic heterocycles. The summed E-state index contributed by atoms with van der Waals surface area (Å²) in [5.41, 5.74) is 4.82. The Labute approximate surface area is 84.9 Å². The van der Waals surface area contributed by atoms with Gasteiger partial charge in [-0.3, -0.25) is 4.79 Å². The van der Waals surface area contributed by atoms with Crippen LogP contribution in [0.4, 0.5) is 13.2 Å². The highest BCUT2D eigenvalue weighted by atomic mass is 19.4. The van der Waals surface area contributed by atoms with Gasteiger partial charge in [0.1, 0.15) is 0 Å². The average Bonchev–Trinajstić information content (AvgIpc) is 2.15. The van der Waals surface area contributed by atoms with Crippen LogP contribution in [0.15, 0.2) is 24.3 Å². The topological polar surface area (TPSA) is 43.1 Å². The number of carbonyl (C=O) groups is 1. The van der Waals surface area contributed by atoms with Crippen molar-refractivity contribution in [1.29, 1.82) is 0 Å². The third-order valence-electron chi connectivity index (χ3n) is 2.18. The first kappa shape index (κ1) is 11.6. The molecule has 0 aliphatic carbocycles. The normalized spacial score (nSPS) is 13.6. The molecule has 1 rings (SSSR count). The number of nitrogens with two attached hydrogens (primary N) is 1. The molecule has 82 valence electrons. The number of hydrogen-bond acceptors (Lipinski definition) is 1. The molecule has 0 aliphatic heterocycles. The van der Waals surface area contributed by atoms with Gasteiger partial charge in [-0.15, -0.1) is 0 Å². The van der Waals surface area contributed by atoms with Crippen LogP contribution in [0, 0.1) is 0 Å². The molecule has 2 nitrogen and oxygen atoms in total. The summed E-state index contributed by atoms with van der Waals surface area (Å²) >= 11 is 0. The lowest BCUT2D eigenvalue weighted by Gasteiger charge is -2.17. The number of alkyl halides is 3. The number of amides is 1. The molecule has 0 spiro atoms. The fourth-order valence-corrected chi connectivity index (χ4v) is 1.28. The smallest absolute Gasteiger partial charge is 0.366 e. The van der Waals surface area contributed by atoms with E-state index in [1.807, 2.05) is 0 Å². The van der Waals surface area contributed by atoms with Crippen molar-refractivity contribution in [1.82, 2.24) is 0 Å². The zero-order chi connectivity index (χ0) is 11.6. The molecule has 2 N–H and O–H groups in total. The zero-order valence-electron chi connectivity index (χ0n) is 8.01. The van der Waals surface area contributed by atoms with Crippen molar-refractivity contribution in [3.63, 3.8) is 0 Å². The molecule has 0 heterocycles. The van der Waals surface area contributed by atoms with Crippen LogP contribution in [0.2, 0.25) is 0 Å². The molecule has 1 aromatic rings. The third-order valence-corrected chi connectivity index (χ3v) is 2.18. The van der Waals surface area contributed by atoms with Crippen LogP contribution in [0.5, 0.6) is 0 Å². The van der Waals surface area contributed by atoms with Crippen molar-refractivity contribution in [3.8, 4) is 0 Å². The van der Waals surface area contributed by atoms with Gasteiger partial charge in [0.2, 0.25) is 5.91 Å². The van der Waals surface area contributed by atoms with Gasteiger partial charge < -0.3 is 5.73 Å². The second kappa shape index (κ2) is 3.92. The van der Waals surface area contributed by atoms with E-state index in [2.05, 4.69) is 0 Å². The minimum absolute atomic E-state index is 0.0812. The lowest BCUT2D eigenvalue weighted by Crippen LogP contribution is -2.22. The van der Waals surface area contributed by atoms with Crippen LogP contribution >= 0.6 is 0 Å². The second-order valence-corrected chi connectivity index (χ2v) is 3.21. The van der Waals surface area contributed by atoms with Crippen molar-refractivity contribution < 1.29 is 18.0 Å². The summed E-state index contributed by atoms with van der Waals surface area (Å²) in [4.78, 5) is 10.9. The maximum atomic E-state index is 12.4. The van der Waals surface area contributed by atoms with E-state index < -0.39 is 18.0 Å². The summed E-state index contributed by atoms with van der Waals surface area (Å²) in [7, 11) is 0. The van der Waals surface area contributed by atoms with Crippen molar-refractivity contribution in [2.24, 2.45) is 5.73 Å². The Bertz CT molecular complexity index is 373. The highest BCUT2D eigenvalue weighted by Gasteiger charge is 2.38. The van der Waals surface area contributed by atoms with Gasteiger partial charge in [-0.1, -0.05) is 18.2 Å². The van der Waals surface area contributed by atoms with E-state index >= 15 is 0 Å². The first-order chi connectivity index (χ1) is 6.84. The maximum Gasteiger partial charge on any atom is 0.395 e. The van der Waals surface area contributed by atoms with Crippen molar-refractivity contribution in [2.75, 3.05) is 0 Å². The molecular weight excluding hydrogens is 207 g/mol. The molecule has 15 heavy (non-hydrogen) atoms. The van der Waals surface area contributed by atoms with Gasteiger partial charge in [0, 0.05) is 5.56 Å². The third kappa shape index (κ3) is 2.49. The van der Waals surface area contributed by atoms with Gasteiger partial charge >= 0.3 is 6.18 Å². The number of hydrogen-bond donors (Lipinski definition) is 1. The number of carbonyl (C=O) groups excluding carboxylic acids is 1. The maximum absolute atomic E-state index is 12.4. The van der Waals surface area contributed by atoms with Crippen molar-refractivity contribution in [2.45, 2.75) is 19.0 Å². The van der Waals surface area contributed by atoms with E-state index in [0.29, 0.717) is 0 Å². The number of halogens is 3. The number of rotatable bonds is 2. The van der Waals surface area contributed by atoms with E-state index in [4.69, 9.17) is 5.73 Å².